The van der Waals surface area contributed by atoms with Gasteiger partial charge in [-0.3, -0.25) is 4.79 Å². The SMILES string of the molecule is O=C(CC1CC2CCC(C1)N2)Nc1ccc(F)cn1. The van der Waals surface area contributed by atoms with E-state index < -0.39 is 5.82 Å². The van der Waals surface area contributed by atoms with Gasteiger partial charge in [-0.05, 0) is 43.7 Å². The number of carbonyl (C=O) groups is 1. The molecule has 2 fully saturated rings. The van der Waals surface area contributed by atoms with Crippen molar-refractivity contribution in [3.8, 4) is 0 Å². The molecule has 1 aromatic rings. The second kappa shape index (κ2) is 5.25. The van der Waals surface area contributed by atoms with Crippen LogP contribution >= 0.6 is 0 Å². The van der Waals surface area contributed by atoms with Crippen molar-refractivity contribution in [3.63, 3.8) is 0 Å². The predicted molar refractivity (Wildman–Crippen MR) is 70.1 cm³/mol. The monoisotopic (exact) mass is 263 g/mol. The highest BCUT2D eigenvalue weighted by Gasteiger charge is 2.34. The van der Waals surface area contributed by atoms with E-state index in [4.69, 9.17) is 0 Å². The van der Waals surface area contributed by atoms with Crippen molar-refractivity contribution >= 4 is 11.7 Å². The summed E-state index contributed by atoms with van der Waals surface area (Å²) in [5.74, 6) is 0.459. The fourth-order valence-electron chi connectivity index (χ4n) is 3.25. The molecule has 102 valence electrons. The van der Waals surface area contributed by atoms with Gasteiger partial charge in [0.15, 0.2) is 0 Å². The Morgan fingerprint density at radius 1 is 1.37 bits per heavy atom. The lowest BCUT2D eigenvalue weighted by Gasteiger charge is -2.28. The van der Waals surface area contributed by atoms with E-state index in [1.54, 1.807) is 0 Å². The summed E-state index contributed by atoms with van der Waals surface area (Å²) in [5.41, 5.74) is 0. The maximum absolute atomic E-state index is 12.7. The quantitative estimate of drug-likeness (QED) is 0.878. The molecule has 2 aliphatic heterocycles. The Labute approximate surface area is 111 Å². The van der Waals surface area contributed by atoms with Crippen LogP contribution in [-0.2, 0) is 4.79 Å². The van der Waals surface area contributed by atoms with Crippen LogP contribution in [0.3, 0.4) is 0 Å². The van der Waals surface area contributed by atoms with Crippen LogP contribution in [0, 0.1) is 11.7 Å². The molecule has 2 N–H and O–H groups in total. The Morgan fingerprint density at radius 2 is 2.11 bits per heavy atom. The standard InChI is InChI=1S/C14H18FN3O/c15-10-1-4-13(16-8-10)18-14(19)7-9-5-11-2-3-12(6-9)17-11/h1,4,8-9,11-12,17H,2-3,5-7H2,(H,16,18,19). The van der Waals surface area contributed by atoms with Gasteiger partial charge in [-0.15, -0.1) is 0 Å². The molecule has 2 bridgehead atoms. The van der Waals surface area contributed by atoms with E-state index >= 15 is 0 Å². The Bertz CT molecular complexity index is 450. The summed E-state index contributed by atoms with van der Waals surface area (Å²) in [4.78, 5) is 15.8. The third kappa shape index (κ3) is 3.10. The van der Waals surface area contributed by atoms with Crippen molar-refractivity contribution in [1.82, 2.24) is 10.3 Å². The Kier molecular flexibility index (Phi) is 3.46. The summed E-state index contributed by atoms with van der Waals surface area (Å²) in [7, 11) is 0. The zero-order chi connectivity index (χ0) is 13.2. The predicted octanol–water partition coefficient (Wildman–Crippen LogP) is 2.08. The van der Waals surface area contributed by atoms with Gasteiger partial charge in [0, 0.05) is 18.5 Å². The van der Waals surface area contributed by atoms with E-state index in [0.717, 1.165) is 19.0 Å². The van der Waals surface area contributed by atoms with Crippen molar-refractivity contribution in [1.29, 1.82) is 0 Å². The minimum absolute atomic E-state index is 0.0228. The smallest absolute Gasteiger partial charge is 0.225 e. The molecule has 0 aromatic carbocycles. The summed E-state index contributed by atoms with van der Waals surface area (Å²) in [6, 6.07) is 3.98. The van der Waals surface area contributed by atoms with E-state index in [1.165, 1.54) is 25.0 Å². The maximum atomic E-state index is 12.7. The van der Waals surface area contributed by atoms with Crippen LogP contribution < -0.4 is 10.6 Å². The molecule has 4 nitrogen and oxygen atoms in total. The van der Waals surface area contributed by atoms with Crippen molar-refractivity contribution in [2.75, 3.05) is 5.32 Å². The van der Waals surface area contributed by atoms with Gasteiger partial charge in [0.1, 0.15) is 11.6 Å². The number of hydrogen-bond donors (Lipinski definition) is 2. The van der Waals surface area contributed by atoms with E-state index in [-0.39, 0.29) is 5.91 Å². The fourth-order valence-corrected chi connectivity index (χ4v) is 3.25. The zero-order valence-corrected chi connectivity index (χ0v) is 10.7. The zero-order valence-electron chi connectivity index (χ0n) is 10.7. The molecule has 1 aromatic heterocycles. The minimum atomic E-state index is -0.395. The highest BCUT2D eigenvalue weighted by atomic mass is 19.1. The van der Waals surface area contributed by atoms with E-state index in [9.17, 15) is 9.18 Å². The second-order valence-electron chi connectivity index (χ2n) is 5.59. The van der Waals surface area contributed by atoms with Crippen LogP contribution in [0.15, 0.2) is 18.3 Å². The van der Waals surface area contributed by atoms with Crippen molar-refractivity contribution in [2.45, 2.75) is 44.2 Å². The summed E-state index contributed by atoms with van der Waals surface area (Å²) in [6.45, 7) is 0. The van der Waals surface area contributed by atoms with Gasteiger partial charge in [0.05, 0.1) is 6.20 Å². The van der Waals surface area contributed by atoms with Crippen LogP contribution in [0.5, 0.6) is 0 Å². The average molecular weight is 263 g/mol. The van der Waals surface area contributed by atoms with Gasteiger partial charge in [0.25, 0.3) is 0 Å². The number of fused-ring (bicyclic) bond motifs is 2. The minimum Gasteiger partial charge on any atom is -0.311 e. The Hall–Kier alpha value is -1.49. The number of aromatic nitrogens is 1. The molecule has 19 heavy (non-hydrogen) atoms. The van der Waals surface area contributed by atoms with E-state index in [0.29, 0.717) is 30.2 Å². The lowest BCUT2D eigenvalue weighted by atomic mass is 9.89. The highest BCUT2D eigenvalue weighted by Crippen LogP contribution is 2.32. The molecule has 2 aliphatic rings. The maximum Gasteiger partial charge on any atom is 0.225 e. The number of anilines is 1. The summed E-state index contributed by atoms with van der Waals surface area (Å²) >= 11 is 0. The molecule has 3 rings (SSSR count). The fraction of sp³-hybridized carbons (Fsp3) is 0.571. The summed E-state index contributed by atoms with van der Waals surface area (Å²) in [6.07, 6.45) is 6.29. The van der Waals surface area contributed by atoms with Crippen LogP contribution in [0.25, 0.3) is 0 Å². The highest BCUT2D eigenvalue weighted by molar-refractivity contribution is 5.89. The third-order valence-corrected chi connectivity index (χ3v) is 4.04. The number of nitrogens with zero attached hydrogens (tertiary/aromatic N) is 1. The van der Waals surface area contributed by atoms with Gasteiger partial charge in [-0.25, -0.2) is 9.37 Å². The van der Waals surface area contributed by atoms with Crippen LogP contribution in [0.2, 0.25) is 0 Å². The number of rotatable bonds is 3. The molecule has 2 unspecified atom stereocenters. The van der Waals surface area contributed by atoms with Crippen molar-refractivity contribution in [3.05, 3.63) is 24.1 Å². The number of nitrogens with one attached hydrogen (secondary N) is 2. The molecule has 5 heteroatoms. The topological polar surface area (TPSA) is 54.0 Å². The first-order valence-electron chi connectivity index (χ1n) is 6.86. The number of amides is 1. The lowest BCUT2D eigenvalue weighted by molar-refractivity contribution is -0.117. The first-order chi connectivity index (χ1) is 9.19. The van der Waals surface area contributed by atoms with Gasteiger partial charge < -0.3 is 10.6 Å². The van der Waals surface area contributed by atoms with Gasteiger partial charge in [-0.2, -0.15) is 0 Å². The molecule has 2 saturated heterocycles. The van der Waals surface area contributed by atoms with Gasteiger partial charge >= 0.3 is 0 Å². The number of carbonyl (C=O) groups excluding carboxylic acids is 1. The number of hydrogen-bond acceptors (Lipinski definition) is 3. The average Bonchev–Trinajstić information content (AvgIpc) is 2.72. The Balaban J connectivity index is 1.52. The largest absolute Gasteiger partial charge is 0.311 e. The third-order valence-electron chi connectivity index (χ3n) is 4.04. The molecule has 0 saturated carbocycles. The second-order valence-corrected chi connectivity index (χ2v) is 5.59. The van der Waals surface area contributed by atoms with Crippen LogP contribution in [0.4, 0.5) is 10.2 Å². The van der Waals surface area contributed by atoms with Crippen molar-refractivity contribution < 1.29 is 9.18 Å². The van der Waals surface area contributed by atoms with Crippen LogP contribution in [-0.4, -0.2) is 23.0 Å². The molecule has 2 atom stereocenters. The molecule has 3 heterocycles. The molecular weight excluding hydrogens is 245 g/mol. The lowest BCUT2D eigenvalue weighted by Crippen LogP contribution is -2.39. The van der Waals surface area contributed by atoms with Gasteiger partial charge in [0.2, 0.25) is 5.91 Å². The number of piperidine rings is 1. The normalized spacial score (nSPS) is 29.2. The van der Waals surface area contributed by atoms with Crippen molar-refractivity contribution in [2.24, 2.45) is 5.92 Å². The molecular formula is C14H18FN3O. The molecule has 0 radical (unpaired) electrons. The molecule has 0 aliphatic carbocycles. The first kappa shape index (κ1) is 12.5. The Morgan fingerprint density at radius 3 is 2.74 bits per heavy atom. The first-order valence-corrected chi connectivity index (χ1v) is 6.86. The summed E-state index contributed by atoms with van der Waals surface area (Å²) in [5, 5.41) is 6.29. The van der Waals surface area contributed by atoms with E-state index in [1.807, 2.05) is 0 Å². The van der Waals surface area contributed by atoms with Crippen LogP contribution in [0.1, 0.15) is 32.1 Å². The van der Waals surface area contributed by atoms with Gasteiger partial charge in [-0.1, -0.05) is 0 Å². The molecule has 1 amide bonds. The molecule has 0 spiro atoms. The number of halogens is 1. The number of pyridine rings is 1. The summed E-state index contributed by atoms with van der Waals surface area (Å²) < 4.78 is 12.7. The van der Waals surface area contributed by atoms with E-state index in [2.05, 4.69) is 15.6 Å².